The SMILES string of the molecule is CCN(CC)C(=O)C1=C(C)N=c2s/c(=C\c3ccc(OCC(=O)O)c(Br)c3)c(=O)n2[C@@H]1c1ccc(Cl)cc1. The first-order valence-electron chi connectivity index (χ1n) is 11.9. The fourth-order valence-corrected chi connectivity index (χ4v) is 5.94. The summed E-state index contributed by atoms with van der Waals surface area (Å²) in [6.07, 6.45) is 1.74. The number of fused-ring (bicyclic) bond motifs is 1. The number of hydrogen-bond donors (Lipinski definition) is 1. The minimum absolute atomic E-state index is 0.161. The Morgan fingerprint density at radius 1 is 1.21 bits per heavy atom. The fraction of sp³-hybridized carbons (Fsp3) is 0.259. The number of halogens is 2. The number of carboxylic acids is 1. The van der Waals surface area contributed by atoms with Gasteiger partial charge in [0.25, 0.3) is 11.5 Å². The third kappa shape index (κ3) is 5.62. The zero-order valence-electron chi connectivity index (χ0n) is 20.9. The van der Waals surface area contributed by atoms with Gasteiger partial charge in [0, 0.05) is 18.1 Å². The summed E-state index contributed by atoms with van der Waals surface area (Å²) in [5.41, 5.74) is 2.22. The molecule has 0 bridgehead atoms. The number of rotatable bonds is 8. The van der Waals surface area contributed by atoms with Gasteiger partial charge in [0.2, 0.25) is 0 Å². The summed E-state index contributed by atoms with van der Waals surface area (Å²) in [7, 11) is 0. The van der Waals surface area contributed by atoms with Crippen LogP contribution in [0.25, 0.3) is 6.08 Å². The van der Waals surface area contributed by atoms with Crippen molar-refractivity contribution in [3.8, 4) is 5.75 Å². The highest BCUT2D eigenvalue weighted by molar-refractivity contribution is 9.10. The third-order valence-corrected chi connectivity index (χ3v) is 7.95. The molecule has 8 nitrogen and oxygen atoms in total. The highest BCUT2D eigenvalue weighted by Gasteiger charge is 2.34. The van der Waals surface area contributed by atoms with E-state index in [-0.39, 0.29) is 11.5 Å². The van der Waals surface area contributed by atoms with Crippen molar-refractivity contribution in [1.82, 2.24) is 9.47 Å². The van der Waals surface area contributed by atoms with Crippen LogP contribution >= 0.6 is 38.9 Å². The van der Waals surface area contributed by atoms with Crippen molar-refractivity contribution < 1.29 is 19.4 Å². The Morgan fingerprint density at radius 3 is 2.50 bits per heavy atom. The molecule has 1 aliphatic rings. The van der Waals surface area contributed by atoms with E-state index in [1.165, 1.54) is 11.3 Å². The predicted molar refractivity (Wildman–Crippen MR) is 150 cm³/mol. The van der Waals surface area contributed by atoms with Gasteiger partial charge in [0.15, 0.2) is 11.4 Å². The average molecular weight is 619 g/mol. The van der Waals surface area contributed by atoms with Crippen molar-refractivity contribution in [3.05, 3.63) is 94.0 Å². The van der Waals surface area contributed by atoms with Gasteiger partial charge in [-0.1, -0.05) is 41.1 Å². The molecule has 1 amide bonds. The summed E-state index contributed by atoms with van der Waals surface area (Å²) in [4.78, 5) is 45.1. The predicted octanol–water partition coefficient (Wildman–Crippen LogP) is 3.98. The first-order valence-corrected chi connectivity index (χ1v) is 13.8. The average Bonchev–Trinajstić information content (AvgIpc) is 3.18. The molecule has 3 aromatic rings. The lowest BCUT2D eigenvalue weighted by Crippen LogP contribution is -2.43. The lowest BCUT2D eigenvalue weighted by atomic mass is 9.94. The molecule has 0 saturated heterocycles. The van der Waals surface area contributed by atoms with Crippen molar-refractivity contribution in [2.45, 2.75) is 26.8 Å². The Morgan fingerprint density at radius 2 is 1.89 bits per heavy atom. The van der Waals surface area contributed by atoms with Crippen molar-refractivity contribution in [1.29, 1.82) is 0 Å². The molecule has 2 heterocycles. The van der Waals surface area contributed by atoms with Crippen LogP contribution in [0.4, 0.5) is 0 Å². The van der Waals surface area contributed by atoms with E-state index in [1.54, 1.807) is 52.8 Å². The second kappa shape index (κ2) is 11.7. The molecule has 0 saturated carbocycles. The van der Waals surface area contributed by atoms with Gasteiger partial charge in [-0.15, -0.1) is 0 Å². The highest BCUT2D eigenvalue weighted by atomic mass is 79.9. The van der Waals surface area contributed by atoms with E-state index in [0.29, 0.717) is 54.5 Å². The summed E-state index contributed by atoms with van der Waals surface area (Å²) in [5, 5.41) is 9.40. The lowest BCUT2D eigenvalue weighted by Gasteiger charge is -2.29. The zero-order valence-corrected chi connectivity index (χ0v) is 24.1. The van der Waals surface area contributed by atoms with Gasteiger partial charge < -0.3 is 14.7 Å². The van der Waals surface area contributed by atoms with E-state index in [4.69, 9.17) is 21.4 Å². The molecule has 0 unspecified atom stereocenters. The Hall–Kier alpha value is -3.21. The second-order valence-electron chi connectivity index (χ2n) is 8.48. The Kier molecular flexibility index (Phi) is 8.54. The summed E-state index contributed by atoms with van der Waals surface area (Å²) in [6.45, 7) is 6.23. The van der Waals surface area contributed by atoms with Gasteiger partial charge in [0.1, 0.15) is 5.75 Å². The van der Waals surface area contributed by atoms with Crippen LogP contribution in [0, 0.1) is 0 Å². The van der Waals surface area contributed by atoms with E-state index in [9.17, 15) is 14.4 Å². The smallest absolute Gasteiger partial charge is 0.341 e. The van der Waals surface area contributed by atoms with Gasteiger partial charge in [-0.25, -0.2) is 9.79 Å². The maximum Gasteiger partial charge on any atom is 0.341 e. The molecule has 2 aromatic carbocycles. The van der Waals surface area contributed by atoms with Gasteiger partial charge in [-0.05, 0) is 78.2 Å². The number of aromatic nitrogens is 1. The molecular weight excluding hydrogens is 594 g/mol. The maximum atomic E-state index is 13.8. The number of ether oxygens (including phenoxy) is 1. The van der Waals surface area contributed by atoms with Crippen LogP contribution in [-0.2, 0) is 9.59 Å². The number of carbonyl (C=O) groups is 2. The van der Waals surface area contributed by atoms with Gasteiger partial charge in [-0.2, -0.15) is 0 Å². The molecule has 0 spiro atoms. The number of carbonyl (C=O) groups excluding carboxylic acids is 1. The van der Waals surface area contributed by atoms with E-state index in [0.717, 1.165) is 5.56 Å². The summed E-state index contributed by atoms with van der Waals surface area (Å²) in [6, 6.07) is 11.6. The van der Waals surface area contributed by atoms with E-state index in [2.05, 4.69) is 20.9 Å². The van der Waals surface area contributed by atoms with Crippen LogP contribution in [0.3, 0.4) is 0 Å². The van der Waals surface area contributed by atoms with E-state index >= 15 is 0 Å². The topological polar surface area (TPSA) is 101 Å². The van der Waals surface area contributed by atoms with Gasteiger partial charge in [0.05, 0.1) is 26.3 Å². The van der Waals surface area contributed by atoms with Gasteiger partial charge in [-0.3, -0.25) is 14.2 Å². The Balaban J connectivity index is 1.85. The van der Waals surface area contributed by atoms with Crippen molar-refractivity contribution >= 4 is 56.8 Å². The van der Waals surface area contributed by atoms with Crippen LogP contribution in [-0.4, -0.2) is 46.1 Å². The largest absolute Gasteiger partial charge is 0.481 e. The number of carboxylic acid groups (broad SMARTS) is 1. The molecule has 38 heavy (non-hydrogen) atoms. The second-order valence-corrected chi connectivity index (χ2v) is 10.8. The summed E-state index contributed by atoms with van der Waals surface area (Å²) >= 11 is 10.8. The van der Waals surface area contributed by atoms with Crippen LogP contribution in [0.2, 0.25) is 5.02 Å². The summed E-state index contributed by atoms with van der Waals surface area (Å²) < 4.78 is 7.83. The molecule has 0 fully saturated rings. The molecule has 0 radical (unpaired) electrons. The first kappa shape index (κ1) is 27.8. The van der Waals surface area contributed by atoms with Gasteiger partial charge >= 0.3 is 5.97 Å². The normalized spacial score (nSPS) is 15.2. The highest BCUT2D eigenvalue weighted by Crippen LogP contribution is 2.32. The number of nitrogens with zero attached hydrogens (tertiary/aromatic N) is 3. The number of benzene rings is 2. The molecule has 1 aromatic heterocycles. The lowest BCUT2D eigenvalue weighted by molar-refractivity contribution is -0.139. The van der Waals surface area contributed by atoms with Crippen molar-refractivity contribution in [3.63, 3.8) is 0 Å². The number of aliphatic carboxylic acids is 1. The Bertz CT molecular complexity index is 1610. The molecule has 11 heteroatoms. The molecule has 4 rings (SSSR count). The molecule has 1 atom stereocenters. The zero-order chi connectivity index (χ0) is 27.6. The third-order valence-electron chi connectivity index (χ3n) is 6.09. The van der Waals surface area contributed by atoms with Crippen molar-refractivity contribution in [2.24, 2.45) is 4.99 Å². The van der Waals surface area contributed by atoms with Crippen molar-refractivity contribution in [2.75, 3.05) is 19.7 Å². The fourth-order valence-electron chi connectivity index (χ4n) is 4.25. The first-order chi connectivity index (χ1) is 18.1. The quantitative estimate of drug-likeness (QED) is 0.412. The number of likely N-dealkylation sites (N-methyl/N-ethyl adjacent to an activating group) is 1. The number of allylic oxidation sites excluding steroid dienone is 1. The Labute approximate surface area is 236 Å². The number of amides is 1. The molecule has 198 valence electrons. The molecule has 1 N–H and O–H groups in total. The van der Waals surface area contributed by atoms with Crippen LogP contribution in [0.1, 0.15) is 37.9 Å². The van der Waals surface area contributed by atoms with Crippen LogP contribution in [0.15, 0.2) is 68.0 Å². The number of hydrogen-bond acceptors (Lipinski definition) is 6. The minimum atomic E-state index is -1.08. The molecular formula is C27H25BrClN3O5S. The summed E-state index contributed by atoms with van der Waals surface area (Å²) in [5.74, 6) is -0.859. The minimum Gasteiger partial charge on any atom is -0.481 e. The van der Waals surface area contributed by atoms with Crippen LogP contribution in [0.5, 0.6) is 5.75 Å². The molecule has 0 aliphatic carbocycles. The standard InChI is InChI=1S/C27H25BrClN3O5S/c1-4-31(5-2)26(36)23-15(3)30-27-32(24(23)17-7-9-18(29)10-8-17)25(35)21(38-27)13-16-6-11-20(19(28)12-16)37-14-22(33)34/h6-13,24H,4-5,14H2,1-3H3,(H,33,34)/b21-13-/t24-/m1/s1. The maximum absolute atomic E-state index is 13.8. The molecule has 1 aliphatic heterocycles. The van der Waals surface area contributed by atoms with E-state index in [1.807, 2.05) is 26.0 Å². The van der Waals surface area contributed by atoms with Crippen LogP contribution < -0.4 is 19.6 Å². The number of thiazole rings is 1. The monoisotopic (exact) mass is 617 g/mol. The van der Waals surface area contributed by atoms with E-state index < -0.39 is 18.6 Å².